The molecule has 4 rings (SSSR count). The number of hydrogen-bond acceptors (Lipinski definition) is 3. The Hall–Kier alpha value is -2.69. The van der Waals surface area contributed by atoms with Crippen LogP contribution in [0.4, 0.5) is 0 Å². The number of aliphatic carboxylic acids is 2. The Bertz CT molecular complexity index is 1340. The molecule has 45 heavy (non-hydrogen) atoms. The highest BCUT2D eigenvalue weighted by Gasteiger charge is 2.65. The Morgan fingerprint density at radius 2 is 1.76 bits per heavy atom. The minimum atomic E-state index is -1.09. The van der Waals surface area contributed by atoms with E-state index in [1.54, 1.807) is 6.92 Å². The molecule has 0 aliphatic heterocycles. The molecular formula is C40H58O5. The molecule has 0 radical (unpaired) electrons. The van der Waals surface area contributed by atoms with E-state index in [0.29, 0.717) is 25.7 Å². The van der Waals surface area contributed by atoms with Crippen molar-refractivity contribution in [3.05, 3.63) is 59.3 Å². The fraction of sp³-hybridized carbons (Fsp3) is 0.675. The number of carbonyl (C=O) groups excluding carboxylic acids is 1. The average molecular weight is 619 g/mol. The molecule has 2 saturated carbocycles. The molecule has 4 aliphatic carbocycles. The Morgan fingerprint density at radius 1 is 1.07 bits per heavy atom. The third-order valence-electron chi connectivity index (χ3n) is 13.4. The molecule has 0 amide bonds. The van der Waals surface area contributed by atoms with Gasteiger partial charge in [-0.05, 0) is 120 Å². The van der Waals surface area contributed by atoms with Gasteiger partial charge in [0.05, 0.1) is 5.41 Å². The van der Waals surface area contributed by atoms with Crippen molar-refractivity contribution in [2.24, 2.45) is 45.3 Å². The van der Waals surface area contributed by atoms with Crippen LogP contribution in [0.3, 0.4) is 0 Å². The normalized spacial score (nSPS) is 36.6. The maximum absolute atomic E-state index is 14.3. The van der Waals surface area contributed by atoms with Gasteiger partial charge in [-0.25, -0.2) is 0 Å². The predicted molar refractivity (Wildman–Crippen MR) is 182 cm³/mol. The molecule has 248 valence electrons. The van der Waals surface area contributed by atoms with Gasteiger partial charge in [-0.3, -0.25) is 14.4 Å². The van der Waals surface area contributed by atoms with Gasteiger partial charge in [0.1, 0.15) is 5.78 Å². The molecule has 0 heterocycles. The van der Waals surface area contributed by atoms with E-state index in [1.807, 2.05) is 0 Å². The Labute approximate surface area is 272 Å². The van der Waals surface area contributed by atoms with Crippen LogP contribution < -0.4 is 0 Å². The first-order valence-electron chi connectivity index (χ1n) is 17.3. The fourth-order valence-corrected chi connectivity index (χ4v) is 10.3. The molecule has 0 aromatic heterocycles. The van der Waals surface area contributed by atoms with Gasteiger partial charge >= 0.3 is 11.9 Å². The van der Waals surface area contributed by atoms with Crippen LogP contribution in [0.5, 0.6) is 0 Å². The predicted octanol–water partition coefficient (Wildman–Crippen LogP) is 9.90. The van der Waals surface area contributed by atoms with Gasteiger partial charge in [0.15, 0.2) is 0 Å². The average Bonchev–Trinajstić information content (AvgIpc) is 3.48. The van der Waals surface area contributed by atoms with Gasteiger partial charge in [0.2, 0.25) is 0 Å². The third-order valence-corrected chi connectivity index (χ3v) is 13.4. The smallest absolute Gasteiger partial charge is 0.310 e. The zero-order valence-corrected chi connectivity index (χ0v) is 29.1. The van der Waals surface area contributed by atoms with Crippen molar-refractivity contribution in [2.45, 2.75) is 126 Å². The zero-order chi connectivity index (χ0) is 33.5. The topological polar surface area (TPSA) is 91.7 Å². The molecule has 0 aromatic rings. The standard InChI is InChI=1S/C40H58O5/c1-25(2)11-10-12-29-16-19-38(8,36(44)45)33(24-29)34(41)23-28(6)39(9)21-15-27(5)40(39)22-17-31-32(40)14-13-30(26(3)4)37(31,7)20-18-35(42)43/h11,14,16,28,30-31,33H,3,5,10,12-13,15,17-24H2,1-2,4,6-9H3,(H,42,43)(H,44,45)/t28-,30+,31-,33+,37+,38-,39+,40+/m1/s1. The molecule has 0 aromatic carbocycles. The first-order chi connectivity index (χ1) is 20.9. The van der Waals surface area contributed by atoms with Crippen molar-refractivity contribution in [1.29, 1.82) is 0 Å². The van der Waals surface area contributed by atoms with Crippen LogP contribution in [0.2, 0.25) is 0 Å². The van der Waals surface area contributed by atoms with Crippen molar-refractivity contribution in [1.82, 2.24) is 0 Å². The number of hydrogen-bond donors (Lipinski definition) is 2. The van der Waals surface area contributed by atoms with Crippen molar-refractivity contribution < 1.29 is 24.6 Å². The number of ketones is 1. The molecule has 5 heteroatoms. The summed E-state index contributed by atoms with van der Waals surface area (Å²) in [5.41, 5.74) is 4.56. The monoisotopic (exact) mass is 618 g/mol. The minimum absolute atomic E-state index is 0.0473. The summed E-state index contributed by atoms with van der Waals surface area (Å²) in [5, 5.41) is 20.0. The van der Waals surface area contributed by atoms with Crippen molar-refractivity contribution in [2.75, 3.05) is 0 Å². The maximum atomic E-state index is 14.3. The SMILES string of the molecule is C=C(C)[C@@H]1CC=C2[C@@H](CC[C@]23C(=C)CC[C@@]3(C)[C@H](C)CC(=O)[C@@H]2CC(CCC=C(C)C)=CC[C@@]2(C)C(=O)O)[C@@]1(C)CCC(=O)O. The lowest BCUT2D eigenvalue weighted by Crippen LogP contribution is -2.47. The summed E-state index contributed by atoms with van der Waals surface area (Å²) in [7, 11) is 0. The number of fused-ring (bicyclic) bond motifs is 2. The first kappa shape index (κ1) is 35.2. The molecule has 0 unspecified atom stereocenters. The van der Waals surface area contributed by atoms with Gasteiger partial charge in [0, 0.05) is 24.2 Å². The second kappa shape index (κ2) is 12.8. The second-order valence-corrected chi connectivity index (χ2v) is 16.1. The fourth-order valence-electron chi connectivity index (χ4n) is 10.3. The quantitative estimate of drug-likeness (QED) is 0.212. The maximum Gasteiger partial charge on any atom is 0.310 e. The molecule has 2 N–H and O–H groups in total. The lowest BCUT2D eigenvalue weighted by atomic mass is 9.51. The Balaban J connectivity index is 1.64. The number of rotatable bonds is 12. The van der Waals surface area contributed by atoms with E-state index in [4.69, 9.17) is 0 Å². The molecule has 5 nitrogen and oxygen atoms in total. The van der Waals surface area contributed by atoms with Crippen LogP contribution >= 0.6 is 0 Å². The van der Waals surface area contributed by atoms with E-state index < -0.39 is 23.3 Å². The largest absolute Gasteiger partial charge is 0.481 e. The third kappa shape index (κ3) is 5.98. The summed E-state index contributed by atoms with van der Waals surface area (Å²) < 4.78 is 0. The second-order valence-electron chi connectivity index (χ2n) is 16.1. The summed E-state index contributed by atoms with van der Waals surface area (Å²) in [6.45, 7) is 23.9. The summed E-state index contributed by atoms with van der Waals surface area (Å²) >= 11 is 0. The van der Waals surface area contributed by atoms with E-state index in [0.717, 1.165) is 50.5 Å². The highest BCUT2D eigenvalue weighted by molar-refractivity contribution is 5.89. The van der Waals surface area contributed by atoms with Gasteiger partial charge in [-0.1, -0.05) is 80.0 Å². The van der Waals surface area contributed by atoms with Crippen molar-refractivity contribution >= 4 is 17.7 Å². The highest BCUT2D eigenvalue weighted by atomic mass is 16.4. The van der Waals surface area contributed by atoms with Gasteiger partial charge < -0.3 is 10.2 Å². The zero-order valence-electron chi connectivity index (χ0n) is 29.1. The van der Waals surface area contributed by atoms with Crippen LogP contribution in [-0.2, 0) is 14.4 Å². The van der Waals surface area contributed by atoms with Gasteiger partial charge in [-0.2, -0.15) is 0 Å². The molecule has 4 aliphatic rings. The highest BCUT2D eigenvalue weighted by Crippen LogP contribution is 2.73. The van der Waals surface area contributed by atoms with E-state index >= 15 is 0 Å². The lowest BCUT2D eigenvalue weighted by Gasteiger charge is -2.53. The molecule has 2 fully saturated rings. The molecule has 1 spiro atoms. The number of carboxylic acid groups (broad SMARTS) is 2. The first-order valence-corrected chi connectivity index (χ1v) is 17.3. The number of carbonyl (C=O) groups is 3. The molecule has 0 bridgehead atoms. The lowest BCUT2D eigenvalue weighted by molar-refractivity contribution is -0.155. The van der Waals surface area contributed by atoms with E-state index in [1.165, 1.54) is 22.3 Å². The van der Waals surface area contributed by atoms with Crippen LogP contribution in [0.25, 0.3) is 0 Å². The number of allylic oxidation sites excluding steroid dienone is 8. The molecule has 0 saturated heterocycles. The van der Waals surface area contributed by atoms with E-state index in [-0.39, 0.29) is 46.2 Å². The van der Waals surface area contributed by atoms with Crippen molar-refractivity contribution in [3.8, 4) is 0 Å². The molecular weight excluding hydrogens is 560 g/mol. The van der Waals surface area contributed by atoms with Crippen LogP contribution in [0, 0.1) is 45.3 Å². The van der Waals surface area contributed by atoms with Crippen molar-refractivity contribution in [3.63, 3.8) is 0 Å². The summed E-state index contributed by atoms with van der Waals surface area (Å²) in [6.07, 6.45) is 15.2. The Morgan fingerprint density at radius 3 is 2.36 bits per heavy atom. The summed E-state index contributed by atoms with van der Waals surface area (Å²) in [5.74, 6) is -1.56. The van der Waals surface area contributed by atoms with Gasteiger partial charge in [-0.15, -0.1) is 0 Å². The number of Topliss-reactive ketones (excluding diaryl/α,β-unsaturated/α-hetero) is 1. The van der Waals surface area contributed by atoms with Crippen LogP contribution in [0.15, 0.2) is 59.3 Å². The van der Waals surface area contributed by atoms with Gasteiger partial charge in [0.25, 0.3) is 0 Å². The Kier molecular flexibility index (Phi) is 10.0. The van der Waals surface area contributed by atoms with Crippen LogP contribution in [0.1, 0.15) is 126 Å². The minimum Gasteiger partial charge on any atom is -0.481 e. The summed E-state index contributed by atoms with van der Waals surface area (Å²) in [6, 6.07) is 0. The van der Waals surface area contributed by atoms with Crippen LogP contribution in [-0.4, -0.2) is 27.9 Å². The number of carboxylic acids is 2. The van der Waals surface area contributed by atoms with E-state index in [9.17, 15) is 24.6 Å². The molecule has 8 atom stereocenters. The summed E-state index contributed by atoms with van der Waals surface area (Å²) in [4.78, 5) is 38.6. The van der Waals surface area contributed by atoms with E-state index in [2.05, 4.69) is 72.9 Å².